The average molecular weight is 344 g/mol. The second-order valence-electron chi connectivity index (χ2n) is 6.18. The van der Waals surface area contributed by atoms with Gasteiger partial charge >= 0.3 is 0 Å². The number of nitrogens with one attached hydrogen (secondary N) is 2. The van der Waals surface area contributed by atoms with Crippen LogP contribution in [0.4, 0.5) is 0 Å². The highest BCUT2D eigenvalue weighted by Gasteiger charge is 2.22. The zero-order chi connectivity index (χ0) is 17.1. The van der Waals surface area contributed by atoms with Crippen LogP contribution in [0.1, 0.15) is 25.8 Å². The van der Waals surface area contributed by atoms with Crippen molar-refractivity contribution in [1.82, 2.24) is 15.6 Å². The minimum Gasteiger partial charge on any atom is -0.394 e. The zero-order valence-electron chi connectivity index (χ0n) is 13.6. The molecule has 1 aliphatic rings. The number of guanidine groups is 1. The van der Waals surface area contributed by atoms with Crippen molar-refractivity contribution in [2.75, 3.05) is 6.61 Å². The van der Waals surface area contributed by atoms with Gasteiger partial charge in [0.15, 0.2) is 0 Å². The van der Waals surface area contributed by atoms with Gasteiger partial charge in [-0.2, -0.15) is 0 Å². The number of carbonyl (C=O) groups is 1. The lowest BCUT2D eigenvalue weighted by Gasteiger charge is -2.18. The predicted octanol–water partition coefficient (Wildman–Crippen LogP) is 2.12. The van der Waals surface area contributed by atoms with Gasteiger partial charge in [0, 0.05) is 0 Å². The fourth-order valence-electron chi connectivity index (χ4n) is 2.60. The molecule has 1 amide bonds. The molecule has 24 heavy (non-hydrogen) atoms. The van der Waals surface area contributed by atoms with E-state index in [0.717, 1.165) is 22.2 Å². The maximum absolute atomic E-state index is 12.1. The van der Waals surface area contributed by atoms with E-state index in [-0.39, 0.29) is 18.6 Å². The van der Waals surface area contributed by atoms with Crippen LogP contribution in [0.25, 0.3) is 16.3 Å². The number of fused-ring (bicyclic) bond motifs is 1. The van der Waals surface area contributed by atoms with E-state index in [4.69, 9.17) is 0 Å². The van der Waals surface area contributed by atoms with Crippen LogP contribution in [-0.4, -0.2) is 34.6 Å². The number of aromatic nitrogens is 1. The number of rotatable bonds is 5. The summed E-state index contributed by atoms with van der Waals surface area (Å²) in [5.74, 6) is 0.585. The summed E-state index contributed by atoms with van der Waals surface area (Å²) in [5.41, 5.74) is 4.00. The van der Waals surface area contributed by atoms with Gasteiger partial charge in [0.2, 0.25) is 5.96 Å². The highest BCUT2D eigenvalue weighted by Crippen LogP contribution is 2.21. The molecule has 3 rings (SSSR count). The van der Waals surface area contributed by atoms with Gasteiger partial charge in [-0.3, -0.25) is 10.1 Å². The van der Waals surface area contributed by atoms with Crippen LogP contribution in [0.15, 0.2) is 34.4 Å². The molecule has 1 aliphatic heterocycles. The van der Waals surface area contributed by atoms with Gasteiger partial charge in [-0.1, -0.05) is 19.9 Å². The van der Waals surface area contributed by atoms with E-state index >= 15 is 0 Å². The van der Waals surface area contributed by atoms with Crippen molar-refractivity contribution in [3.8, 4) is 0 Å². The number of aliphatic hydroxyl groups is 1. The molecule has 1 aromatic heterocycles. The minimum absolute atomic E-state index is 0.00579. The van der Waals surface area contributed by atoms with Gasteiger partial charge in [0.25, 0.3) is 5.91 Å². The Hall–Kier alpha value is -2.25. The lowest BCUT2D eigenvalue weighted by molar-refractivity contribution is -0.115. The molecule has 0 bridgehead atoms. The van der Waals surface area contributed by atoms with Gasteiger partial charge in [0.05, 0.1) is 28.4 Å². The van der Waals surface area contributed by atoms with Crippen LogP contribution in [0.3, 0.4) is 0 Å². The summed E-state index contributed by atoms with van der Waals surface area (Å²) < 4.78 is 1.07. The highest BCUT2D eigenvalue weighted by molar-refractivity contribution is 7.16. The van der Waals surface area contributed by atoms with Crippen molar-refractivity contribution in [3.05, 3.63) is 35.0 Å². The Morgan fingerprint density at radius 1 is 1.42 bits per heavy atom. The molecule has 3 N–H and O–H groups in total. The number of nitrogens with zero attached hydrogens (tertiary/aromatic N) is 2. The molecule has 0 radical (unpaired) electrons. The van der Waals surface area contributed by atoms with Crippen molar-refractivity contribution in [2.24, 2.45) is 10.9 Å². The first-order valence-corrected chi connectivity index (χ1v) is 8.75. The van der Waals surface area contributed by atoms with Gasteiger partial charge < -0.3 is 10.4 Å². The molecule has 126 valence electrons. The first kappa shape index (κ1) is 16.6. The average Bonchev–Trinajstić information content (AvgIpc) is 3.12. The number of hydrogen-bond donors (Lipinski definition) is 3. The normalized spacial score (nSPS) is 17.4. The number of thiazole rings is 1. The van der Waals surface area contributed by atoms with E-state index < -0.39 is 0 Å². The first-order chi connectivity index (χ1) is 11.5. The molecular weight excluding hydrogens is 324 g/mol. The fourth-order valence-corrected chi connectivity index (χ4v) is 3.32. The highest BCUT2D eigenvalue weighted by atomic mass is 32.1. The molecule has 0 saturated heterocycles. The van der Waals surface area contributed by atoms with Crippen LogP contribution >= 0.6 is 11.3 Å². The lowest BCUT2D eigenvalue weighted by Crippen LogP contribution is -2.44. The molecule has 1 unspecified atom stereocenters. The van der Waals surface area contributed by atoms with Crippen molar-refractivity contribution in [3.63, 3.8) is 0 Å². The van der Waals surface area contributed by atoms with E-state index in [1.807, 2.05) is 18.2 Å². The maximum atomic E-state index is 12.1. The van der Waals surface area contributed by atoms with Crippen molar-refractivity contribution in [2.45, 2.75) is 26.3 Å². The summed E-state index contributed by atoms with van der Waals surface area (Å²) >= 11 is 1.56. The van der Waals surface area contributed by atoms with E-state index in [1.165, 1.54) is 0 Å². The quantitative estimate of drug-likeness (QED) is 0.725. The summed E-state index contributed by atoms with van der Waals surface area (Å²) in [6.07, 6.45) is 2.55. The number of aliphatic hydroxyl groups excluding tert-OH is 1. The van der Waals surface area contributed by atoms with Crippen LogP contribution in [0.5, 0.6) is 0 Å². The van der Waals surface area contributed by atoms with Gasteiger partial charge in [-0.15, -0.1) is 11.3 Å². The Morgan fingerprint density at radius 3 is 3.00 bits per heavy atom. The Morgan fingerprint density at radius 2 is 2.25 bits per heavy atom. The van der Waals surface area contributed by atoms with Crippen LogP contribution in [-0.2, 0) is 4.79 Å². The summed E-state index contributed by atoms with van der Waals surface area (Å²) in [6, 6.07) is 5.71. The third-order valence-electron chi connectivity index (χ3n) is 3.67. The second kappa shape index (κ2) is 7.11. The molecule has 6 nitrogen and oxygen atoms in total. The third kappa shape index (κ3) is 3.80. The van der Waals surface area contributed by atoms with E-state index in [2.05, 4.69) is 34.5 Å². The second-order valence-corrected chi connectivity index (χ2v) is 7.06. The van der Waals surface area contributed by atoms with E-state index in [9.17, 15) is 9.90 Å². The van der Waals surface area contributed by atoms with E-state index in [0.29, 0.717) is 17.6 Å². The van der Waals surface area contributed by atoms with Crippen LogP contribution in [0, 0.1) is 5.92 Å². The lowest BCUT2D eigenvalue weighted by atomic mass is 10.0. The van der Waals surface area contributed by atoms with Crippen molar-refractivity contribution in [1.29, 1.82) is 0 Å². The Balaban J connectivity index is 1.77. The Bertz CT molecular complexity index is 810. The molecule has 7 heteroatoms. The van der Waals surface area contributed by atoms with Crippen LogP contribution in [0.2, 0.25) is 0 Å². The Labute approximate surface area is 144 Å². The molecule has 0 spiro atoms. The summed E-state index contributed by atoms with van der Waals surface area (Å²) in [5, 5.41) is 15.2. The van der Waals surface area contributed by atoms with Gasteiger partial charge in [-0.25, -0.2) is 9.98 Å². The Kier molecular flexibility index (Phi) is 4.92. The largest absolute Gasteiger partial charge is 0.394 e. The first-order valence-electron chi connectivity index (χ1n) is 7.87. The van der Waals surface area contributed by atoms with Crippen LogP contribution < -0.4 is 10.6 Å². The molecule has 2 heterocycles. The molecule has 0 aliphatic carbocycles. The number of carbonyl (C=O) groups excluding carboxylic acids is 1. The summed E-state index contributed by atoms with van der Waals surface area (Å²) in [4.78, 5) is 20.6. The topological polar surface area (TPSA) is 86.6 Å². The monoisotopic (exact) mass is 344 g/mol. The third-order valence-corrected chi connectivity index (χ3v) is 4.46. The number of benzene rings is 1. The van der Waals surface area contributed by atoms with E-state index in [1.54, 1.807) is 22.9 Å². The standard InChI is InChI=1S/C17H20N4O2S/c1-10(2)5-12(8-22)19-17-20-14(16(23)21-17)6-11-3-4-13-15(7-11)24-9-18-13/h3-4,6-7,9-10,12,22H,5,8H2,1-2H3,(H2,19,20,21,23)/b14-6-. The predicted molar refractivity (Wildman–Crippen MR) is 96.6 cm³/mol. The number of amides is 1. The molecule has 2 aromatic rings. The fraction of sp³-hybridized carbons (Fsp3) is 0.353. The van der Waals surface area contributed by atoms with Crippen molar-refractivity contribution < 1.29 is 9.90 Å². The molecule has 0 saturated carbocycles. The maximum Gasteiger partial charge on any atom is 0.276 e. The summed E-state index contributed by atoms with van der Waals surface area (Å²) in [6.45, 7) is 4.16. The molecule has 1 aromatic carbocycles. The van der Waals surface area contributed by atoms with Gasteiger partial charge in [-0.05, 0) is 36.1 Å². The minimum atomic E-state index is -0.247. The molecule has 1 atom stereocenters. The van der Waals surface area contributed by atoms with Gasteiger partial charge in [0.1, 0.15) is 5.70 Å². The SMILES string of the molecule is CC(C)CC(CO)NC1=N/C(=C\c2ccc3ncsc3c2)C(=O)N1. The zero-order valence-corrected chi connectivity index (χ0v) is 14.4. The summed E-state index contributed by atoms with van der Waals surface area (Å²) in [7, 11) is 0. The number of hydrogen-bond acceptors (Lipinski definition) is 6. The molecule has 0 fully saturated rings. The molecular formula is C17H20N4O2S. The van der Waals surface area contributed by atoms with Crippen molar-refractivity contribution >= 4 is 39.5 Å². The smallest absolute Gasteiger partial charge is 0.276 e. The number of aliphatic imine (C=N–C) groups is 1.